The zero-order valence-corrected chi connectivity index (χ0v) is 10.1. The summed E-state index contributed by atoms with van der Waals surface area (Å²) in [5.74, 6) is 2.38. The van der Waals surface area contributed by atoms with Crippen molar-refractivity contribution in [2.75, 3.05) is 0 Å². The highest BCUT2D eigenvalue weighted by molar-refractivity contribution is 5.79. The fourth-order valence-electron chi connectivity index (χ4n) is 4.12. The molecule has 16 heavy (non-hydrogen) atoms. The lowest BCUT2D eigenvalue weighted by Crippen LogP contribution is -2.41. The van der Waals surface area contributed by atoms with Gasteiger partial charge in [0.05, 0.1) is 0 Å². The number of fused-ring (bicyclic) bond motifs is 2. The Morgan fingerprint density at radius 3 is 2.38 bits per heavy atom. The predicted molar refractivity (Wildman–Crippen MR) is 64.0 cm³/mol. The second-order valence-corrected chi connectivity index (χ2v) is 6.12. The summed E-state index contributed by atoms with van der Waals surface area (Å²) in [6, 6.07) is 0.500. The number of carbonyl (C=O) groups excluding carboxylic acids is 1. The zero-order valence-electron chi connectivity index (χ0n) is 10.1. The van der Waals surface area contributed by atoms with Crippen molar-refractivity contribution in [1.29, 1.82) is 0 Å². The van der Waals surface area contributed by atoms with Gasteiger partial charge in [-0.2, -0.15) is 0 Å². The topological polar surface area (TPSA) is 29.1 Å². The summed E-state index contributed by atoms with van der Waals surface area (Å²) in [5, 5.41) is 3.31. The fourth-order valence-corrected chi connectivity index (χ4v) is 4.12. The predicted octanol–water partition coefficient (Wildman–Crippen LogP) is 2.87. The van der Waals surface area contributed by atoms with Crippen molar-refractivity contribution in [1.82, 2.24) is 5.32 Å². The van der Waals surface area contributed by atoms with E-state index in [4.69, 9.17) is 0 Å². The molecule has 0 spiro atoms. The Balaban J connectivity index is 1.53. The summed E-state index contributed by atoms with van der Waals surface area (Å²) in [5.41, 5.74) is 0. The maximum atomic E-state index is 12.2. The van der Waals surface area contributed by atoms with Crippen molar-refractivity contribution in [2.45, 2.75) is 63.8 Å². The third-order valence-electron chi connectivity index (χ3n) is 5.03. The molecule has 3 rings (SSSR count). The maximum Gasteiger partial charge on any atom is 0.223 e. The molecule has 2 bridgehead atoms. The van der Waals surface area contributed by atoms with E-state index in [9.17, 15) is 4.79 Å². The van der Waals surface area contributed by atoms with E-state index in [1.807, 2.05) is 0 Å². The Labute approximate surface area is 98.2 Å². The molecule has 1 amide bonds. The Bertz CT molecular complexity index is 270. The molecule has 3 saturated carbocycles. The minimum absolute atomic E-state index is 0.376. The molecule has 2 heteroatoms. The van der Waals surface area contributed by atoms with Crippen LogP contribution in [-0.4, -0.2) is 11.9 Å². The molecule has 3 unspecified atom stereocenters. The number of hydrogen-bond acceptors (Lipinski definition) is 1. The van der Waals surface area contributed by atoms with Crippen LogP contribution in [0.1, 0.15) is 57.8 Å². The van der Waals surface area contributed by atoms with Crippen LogP contribution < -0.4 is 5.32 Å². The lowest BCUT2D eigenvalue weighted by atomic mass is 9.87. The molecule has 3 fully saturated rings. The molecule has 3 atom stereocenters. The molecule has 90 valence electrons. The van der Waals surface area contributed by atoms with E-state index < -0.39 is 0 Å². The van der Waals surface area contributed by atoms with E-state index in [1.54, 1.807) is 0 Å². The molecule has 0 heterocycles. The van der Waals surface area contributed by atoms with Gasteiger partial charge in [0.15, 0.2) is 0 Å². The molecule has 0 aromatic rings. The molecule has 3 aliphatic carbocycles. The van der Waals surface area contributed by atoms with Crippen LogP contribution in [-0.2, 0) is 4.79 Å². The van der Waals surface area contributed by atoms with Gasteiger partial charge in [0, 0.05) is 12.0 Å². The van der Waals surface area contributed by atoms with Gasteiger partial charge in [-0.1, -0.05) is 25.7 Å². The Hall–Kier alpha value is -0.530. The average molecular weight is 221 g/mol. The van der Waals surface area contributed by atoms with Crippen molar-refractivity contribution in [2.24, 2.45) is 17.8 Å². The number of nitrogens with one attached hydrogen (secondary N) is 1. The largest absolute Gasteiger partial charge is 0.353 e. The van der Waals surface area contributed by atoms with Crippen LogP contribution in [0.2, 0.25) is 0 Å². The summed E-state index contributed by atoms with van der Waals surface area (Å²) >= 11 is 0. The van der Waals surface area contributed by atoms with Crippen LogP contribution in [0.3, 0.4) is 0 Å². The monoisotopic (exact) mass is 221 g/mol. The van der Waals surface area contributed by atoms with Crippen molar-refractivity contribution in [3.63, 3.8) is 0 Å². The van der Waals surface area contributed by atoms with Gasteiger partial charge < -0.3 is 5.32 Å². The minimum Gasteiger partial charge on any atom is -0.353 e. The van der Waals surface area contributed by atoms with Crippen LogP contribution in [0.15, 0.2) is 0 Å². The first kappa shape index (κ1) is 10.6. The zero-order chi connectivity index (χ0) is 11.0. The van der Waals surface area contributed by atoms with Crippen LogP contribution in [0.5, 0.6) is 0 Å². The standard InChI is InChI=1S/C14H23NO/c16-14(15-12-4-2-1-3-5-12)13-9-10-6-7-11(13)8-10/h10-13H,1-9H2,(H,15,16). The lowest BCUT2D eigenvalue weighted by molar-refractivity contribution is -0.127. The number of rotatable bonds is 2. The molecule has 0 radical (unpaired) electrons. The fraction of sp³-hybridized carbons (Fsp3) is 0.929. The lowest BCUT2D eigenvalue weighted by Gasteiger charge is -2.27. The van der Waals surface area contributed by atoms with Gasteiger partial charge in [0.1, 0.15) is 0 Å². The Morgan fingerprint density at radius 1 is 0.938 bits per heavy atom. The summed E-state index contributed by atoms with van der Waals surface area (Å²) in [6.45, 7) is 0. The van der Waals surface area contributed by atoms with Gasteiger partial charge in [-0.3, -0.25) is 4.79 Å². The summed E-state index contributed by atoms with van der Waals surface area (Å²) in [7, 11) is 0. The third kappa shape index (κ3) is 1.99. The summed E-state index contributed by atoms with van der Waals surface area (Å²) in [4.78, 5) is 12.2. The van der Waals surface area contributed by atoms with Crippen molar-refractivity contribution >= 4 is 5.91 Å². The highest BCUT2D eigenvalue weighted by Gasteiger charge is 2.43. The molecule has 0 aromatic carbocycles. The first-order valence-corrected chi connectivity index (χ1v) is 7.13. The molecular weight excluding hydrogens is 198 g/mol. The second-order valence-electron chi connectivity index (χ2n) is 6.12. The molecule has 0 aromatic heterocycles. The highest BCUT2D eigenvalue weighted by Crippen LogP contribution is 2.48. The van der Waals surface area contributed by atoms with Crippen molar-refractivity contribution in [3.8, 4) is 0 Å². The van der Waals surface area contributed by atoms with Gasteiger partial charge in [0.2, 0.25) is 5.91 Å². The van der Waals surface area contributed by atoms with Gasteiger partial charge in [-0.05, 0) is 43.9 Å². The molecule has 2 nitrogen and oxygen atoms in total. The van der Waals surface area contributed by atoms with Crippen LogP contribution >= 0.6 is 0 Å². The first-order valence-electron chi connectivity index (χ1n) is 7.13. The highest BCUT2D eigenvalue weighted by atomic mass is 16.2. The summed E-state index contributed by atoms with van der Waals surface area (Å²) in [6.07, 6.45) is 11.6. The first-order chi connectivity index (χ1) is 7.83. The van der Waals surface area contributed by atoms with Gasteiger partial charge in [0.25, 0.3) is 0 Å². The van der Waals surface area contributed by atoms with Crippen molar-refractivity contribution < 1.29 is 4.79 Å². The Morgan fingerprint density at radius 2 is 1.75 bits per heavy atom. The number of carbonyl (C=O) groups is 1. The van der Waals surface area contributed by atoms with Gasteiger partial charge in [-0.15, -0.1) is 0 Å². The van der Waals surface area contributed by atoms with Crippen LogP contribution in [0.4, 0.5) is 0 Å². The van der Waals surface area contributed by atoms with E-state index in [0.29, 0.717) is 17.9 Å². The molecule has 0 saturated heterocycles. The van der Waals surface area contributed by atoms with Crippen molar-refractivity contribution in [3.05, 3.63) is 0 Å². The molecule has 3 aliphatic rings. The van der Waals surface area contributed by atoms with Crippen LogP contribution in [0.25, 0.3) is 0 Å². The SMILES string of the molecule is O=C(NC1CCCCC1)C1CC2CCC1C2. The van der Waals surface area contributed by atoms with Crippen LogP contribution in [0, 0.1) is 17.8 Å². The quantitative estimate of drug-likeness (QED) is 0.763. The smallest absolute Gasteiger partial charge is 0.223 e. The van der Waals surface area contributed by atoms with E-state index in [-0.39, 0.29) is 0 Å². The molecular formula is C14H23NO. The van der Waals surface area contributed by atoms with Gasteiger partial charge >= 0.3 is 0 Å². The second kappa shape index (κ2) is 4.38. The summed E-state index contributed by atoms with van der Waals surface area (Å²) < 4.78 is 0. The number of amides is 1. The van der Waals surface area contributed by atoms with E-state index >= 15 is 0 Å². The number of hydrogen-bond donors (Lipinski definition) is 1. The van der Waals surface area contributed by atoms with Gasteiger partial charge in [-0.25, -0.2) is 0 Å². The maximum absolute atomic E-state index is 12.2. The van der Waals surface area contributed by atoms with E-state index in [0.717, 1.165) is 11.8 Å². The molecule has 0 aliphatic heterocycles. The minimum atomic E-state index is 0.376. The van der Waals surface area contributed by atoms with E-state index in [2.05, 4.69) is 5.32 Å². The normalized spacial score (nSPS) is 38.9. The van der Waals surface area contributed by atoms with E-state index in [1.165, 1.54) is 57.8 Å². The third-order valence-corrected chi connectivity index (χ3v) is 5.03. The molecule has 1 N–H and O–H groups in total. The Kier molecular flexibility index (Phi) is 2.91. The average Bonchev–Trinajstić information content (AvgIpc) is 2.92.